The number of amides is 1. The predicted octanol–water partition coefficient (Wildman–Crippen LogP) is 3.47. The number of carbonyl (C=O) groups excluding carboxylic acids is 1. The summed E-state index contributed by atoms with van der Waals surface area (Å²) in [4.78, 5) is 25.8. The van der Waals surface area contributed by atoms with Gasteiger partial charge in [0.25, 0.3) is 5.56 Å². The molecular weight excluding hydrogens is 402 g/mol. The molecule has 1 saturated carbocycles. The van der Waals surface area contributed by atoms with E-state index in [1.807, 2.05) is 59.0 Å². The number of hydrogen-bond donors (Lipinski definition) is 1. The third-order valence-corrected chi connectivity index (χ3v) is 6.30. The van der Waals surface area contributed by atoms with Gasteiger partial charge in [0.15, 0.2) is 0 Å². The first-order chi connectivity index (χ1) is 15.7. The Bertz CT molecular complexity index is 1300. The van der Waals surface area contributed by atoms with Crippen LogP contribution in [-0.4, -0.2) is 31.1 Å². The maximum absolute atomic E-state index is 13.3. The number of rotatable bonds is 6. The van der Waals surface area contributed by atoms with Crippen molar-refractivity contribution in [3.05, 3.63) is 76.3 Å². The highest BCUT2D eigenvalue weighted by Crippen LogP contribution is 2.19. The summed E-state index contributed by atoms with van der Waals surface area (Å²) >= 11 is 0. The van der Waals surface area contributed by atoms with Gasteiger partial charge in [-0.1, -0.05) is 61.7 Å². The van der Waals surface area contributed by atoms with E-state index < -0.39 is 0 Å². The van der Waals surface area contributed by atoms with E-state index in [0.717, 1.165) is 23.9 Å². The van der Waals surface area contributed by atoms with Gasteiger partial charge in [0.05, 0.1) is 17.4 Å². The SMILES string of the molecule is O=C(CCc1nnc2n(Cc3ccccc3)c(=O)c3ccccc3n12)NC1CCCCC1. The van der Waals surface area contributed by atoms with Crippen molar-refractivity contribution in [2.75, 3.05) is 0 Å². The second kappa shape index (κ2) is 8.94. The van der Waals surface area contributed by atoms with Gasteiger partial charge in [-0.2, -0.15) is 0 Å². The minimum Gasteiger partial charge on any atom is -0.353 e. The molecule has 1 fully saturated rings. The molecule has 5 rings (SSSR count). The quantitative estimate of drug-likeness (QED) is 0.509. The van der Waals surface area contributed by atoms with E-state index in [-0.39, 0.29) is 11.5 Å². The van der Waals surface area contributed by atoms with Gasteiger partial charge in [0, 0.05) is 18.9 Å². The van der Waals surface area contributed by atoms with E-state index in [9.17, 15) is 9.59 Å². The normalized spacial score (nSPS) is 14.8. The molecule has 0 radical (unpaired) electrons. The van der Waals surface area contributed by atoms with Crippen molar-refractivity contribution in [3.8, 4) is 0 Å². The number of aryl methyl sites for hydroxylation is 1. The molecule has 2 aromatic heterocycles. The van der Waals surface area contributed by atoms with Gasteiger partial charge in [0.1, 0.15) is 5.82 Å². The highest BCUT2D eigenvalue weighted by atomic mass is 16.1. The lowest BCUT2D eigenvalue weighted by molar-refractivity contribution is -0.122. The van der Waals surface area contributed by atoms with Crippen LogP contribution < -0.4 is 10.9 Å². The van der Waals surface area contributed by atoms with Crippen molar-refractivity contribution in [1.29, 1.82) is 0 Å². The summed E-state index contributed by atoms with van der Waals surface area (Å²) in [5.74, 6) is 1.24. The molecule has 32 heavy (non-hydrogen) atoms. The van der Waals surface area contributed by atoms with Crippen LogP contribution in [0.1, 0.15) is 49.9 Å². The zero-order chi connectivity index (χ0) is 21.9. The number of nitrogens with one attached hydrogen (secondary N) is 1. The Morgan fingerprint density at radius 3 is 2.53 bits per heavy atom. The molecule has 0 unspecified atom stereocenters. The van der Waals surface area contributed by atoms with E-state index in [1.54, 1.807) is 4.57 Å². The summed E-state index contributed by atoms with van der Waals surface area (Å²) in [5, 5.41) is 12.5. The van der Waals surface area contributed by atoms with E-state index in [2.05, 4.69) is 15.5 Å². The van der Waals surface area contributed by atoms with E-state index in [1.165, 1.54) is 19.3 Å². The Labute approximate surface area is 186 Å². The van der Waals surface area contributed by atoms with Gasteiger partial charge in [-0.05, 0) is 30.5 Å². The summed E-state index contributed by atoms with van der Waals surface area (Å²) in [7, 11) is 0. The van der Waals surface area contributed by atoms with Gasteiger partial charge in [0.2, 0.25) is 11.7 Å². The second-order valence-corrected chi connectivity index (χ2v) is 8.55. The number of benzene rings is 2. The lowest BCUT2D eigenvalue weighted by Gasteiger charge is -2.22. The Kier molecular flexibility index (Phi) is 5.71. The largest absolute Gasteiger partial charge is 0.353 e. The molecular formula is C25H27N5O2. The van der Waals surface area contributed by atoms with E-state index in [4.69, 9.17) is 0 Å². The van der Waals surface area contributed by atoms with Crippen molar-refractivity contribution in [2.45, 2.75) is 57.5 Å². The maximum atomic E-state index is 13.3. The second-order valence-electron chi connectivity index (χ2n) is 8.55. The fourth-order valence-corrected chi connectivity index (χ4v) is 4.66. The fourth-order valence-electron chi connectivity index (χ4n) is 4.66. The van der Waals surface area contributed by atoms with Crippen molar-refractivity contribution >= 4 is 22.6 Å². The molecule has 0 saturated heterocycles. The summed E-state index contributed by atoms with van der Waals surface area (Å²) in [6.07, 6.45) is 6.58. The topological polar surface area (TPSA) is 81.3 Å². The first-order valence-corrected chi connectivity index (χ1v) is 11.4. The van der Waals surface area contributed by atoms with Crippen molar-refractivity contribution in [1.82, 2.24) is 24.5 Å². The fraction of sp³-hybridized carbons (Fsp3) is 0.360. The van der Waals surface area contributed by atoms with Crippen molar-refractivity contribution in [2.24, 2.45) is 0 Å². The molecule has 0 atom stereocenters. The minimum absolute atomic E-state index is 0.0514. The standard InChI is InChI=1S/C25H27N5O2/c31-23(26-19-11-5-2-6-12-19)16-15-22-27-28-25-29(17-18-9-3-1-4-10-18)24(32)20-13-7-8-14-21(20)30(22)25/h1,3-4,7-10,13-14,19H,2,5-6,11-12,15-17H2,(H,26,31). The predicted molar refractivity (Wildman–Crippen MR) is 124 cm³/mol. The van der Waals surface area contributed by atoms with Crippen LogP contribution in [0.15, 0.2) is 59.4 Å². The van der Waals surface area contributed by atoms with Crippen LogP contribution in [0.5, 0.6) is 0 Å². The van der Waals surface area contributed by atoms with Gasteiger partial charge in [-0.15, -0.1) is 10.2 Å². The zero-order valence-corrected chi connectivity index (χ0v) is 18.0. The van der Waals surface area contributed by atoms with Gasteiger partial charge < -0.3 is 5.32 Å². The van der Waals surface area contributed by atoms with E-state index in [0.29, 0.717) is 42.4 Å². The molecule has 1 N–H and O–H groups in total. The first-order valence-electron chi connectivity index (χ1n) is 11.4. The van der Waals surface area contributed by atoms with Crippen LogP contribution in [0.25, 0.3) is 16.7 Å². The zero-order valence-electron chi connectivity index (χ0n) is 18.0. The van der Waals surface area contributed by atoms with Crippen LogP contribution in [0.4, 0.5) is 0 Å². The molecule has 1 aliphatic carbocycles. The average molecular weight is 430 g/mol. The smallest absolute Gasteiger partial charge is 0.263 e. The number of hydrogen-bond acceptors (Lipinski definition) is 4. The Hall–Kier alpha value is -3.48. The molecule has 1 aliphatic rings. The van der Waals surface area contributed by atoms with Crippen LogP contribution in [-0.2, 0) is 17.8 Å². The van der Waals surface area contributed by atoms with Gasteiger partial charge >= 0.3 is 0 Å². The molecule has 7 nitrogen and oxygen atoms in total. The molecule has 7 heteroatoms. The van der Waals surface area contributed by atoms with Crippen LogP contribution >= 0.6 is 0 Å². The number of nitrogens with zero attached hydrogens (tertiary/aromatic N) is 4. The number of fused-ring (bicyclic) bond motifs is 3. The summed E-state index contributed by atoms with van der Waals surface area (Å²) < 4.78 is 3.59. The van der Waals surface area contributed by atoms with Crippen LogP contribution in [0, 0.1) is 0 Å². The number of carbonyl (C=O) groups is 1. The molecule has 4 aromatic rings. The Balaban J connectivity index is 1.48. The monoisotopic (exact) mass is 429 g/mol. The van der Waals surface area contributed by atoms with E-state index >= 15 is 0 Å². The highest BCUT2D eigenvalue weighted by molar-refractivity contribution is 5.80. The number of aromatic nitrogens is 4. The minimum atomic E-state index is -0.0917. The Morgan fingerprint density at radius 2 is 1.72 bits per heavy atom. The maximum Gasteiger partial charge on any atom is 0.263 e. The number of para-hydroxylation sites is 1. The average Bonchev–Trinajstić information content (AvgIpc) is 3.26. The molecule has 2 heterocycles. The van der Waals surface area contributed by atoms with Crippen molar-refractivity contribution < 1.29 is 4.79 Å². The summed E-state index contributed by atoms with van der Waals surface area (Å²) in [6, 6.07) is 17.7. The van der Waals surface area contributed by atoms with Gasteiger partial charge in [-0.25, -0.2) is 0 Å². The molecule has 0 bridgehead atoms. The summed E-state index contributed by atoms with van der Waals surface area (Å²) in [6.45, 7) is 0.411. The highest BCUT2D eigenvalue weighted by Gasteiger charge is 2.19. The third-order valence-electron chi connectivity index (χ3n) is 6.30. The molecule has 0 aliphatic heterocycles. The lowest BCUT2D eigenvalue weighted by Crippen LogP contribution is -2.36. The molecule has 164 valence electrons. The Morgan fingerprint density at radius 1 is 0.969 bits per heavy atom. The third kappa shape index (κ3) is 4.02. The molecule has 2 aromatic carbocycles. The van der Waals surface area contributed by atoms with Crippen molar-refractivity contribution in [3.63, 3.8) is 0 Å². The van der Waals surface area contributed by atoms with Crippen LogP contribution in [0.3, 0.4) is 0 Å². The first kappa shape index (κ1) is 20.4. The molecule has 1 amide bonds. The molecule has 0 spiro atoms. The summed E-state index contributed by atoms with van der Waals surface area (Å²) in [5.41, 5.74) is 1.69. The lowest BCUT2D eigenvalue weighted by atomic mass is 9.95. The van der Waals surface area contributed by atoms with Gasteiger partial charge in [-0.3, -0.25) is 18.6 Å². The van der Waals surface area contributed by atoms with Crippen LogP contribution in [0.2, 0.25) is 0 Å².